The number of H-pyrrole nitrogens is 1. The van der Waals surface area contributed by atoms with Crippen LogP contribution in [0.1, 0.15) is 39.9 Å². The van der Waals surface area contributed by atoms with Gasteiger partial charge in [-0.1, -0.05) is 33.8 Å². The molecule has 0 spiro atoms. The van der Waals surface area contributed by atoms with Gasteiger partial charge in [0, 0.05) is 12.4 Å². The van der Waals surface area contributed by atoms with Crippen molar-refractivity contribution < 1.29 is 0 Å². The van der Waals surface area contributed by atoms with E-state index in [9.17, 15) is 0 Å². The van der Waals surface area contributed by atoms with Gasteiger partial charge in [-0.25, -0.2) is 4.98 Å². The van der Waals surface area contributed by atoms with Crippen LogP contribution in [0.25, 0.3) is 6.08 Å². The molecule has 1 heterocycles. The Morgan fingerprint density at radius 2 is 2.15 bits per heavy atom. The lowest BCUT2D eigenvalue weighted by atomic mass is 10.1. The molecule has 0 aromatic carbocycles. The van der Waals surface area contributed by atoms with Crippen LogP contribution in [0.15, 0.2) is 18.5 Å². The summed E-state index contributed by atoms with van der Waals surface area (Å²) in [6, 6.07) is 0. The zero-order valence-corrected chi connectivity index (χ0v) is 9.04. The highest BCUT2D eigenvalue weighted by Gasteiger charge is 1.88. The fourth-order valence-electron chi connectivity index (χ4n) is 0.820. The lowest BCUT2D eigenvalue weighted by Gasteiger charge is -1.94. The van der Waals surface area contributed by atoms with E-state index in [4.69, 9.17) is 0 Å². The molecule has 1 N–H and O–H groups in total. The average Bonchev–Trinajstić information content (AvgIpc) is 2.60. The maximum Gasteiger partial charge on any atom is 0.129 e. The molecule has 2 heteroatoms. The summed E-state index contributed by atoms with van der Waals surface area (Å²) in [6.45, 7) is 8.40. The number of nitrogens with zero attached hydrogens (tertiary/aromatic N) is 1. The smallest absolute Gasteiger partial charge is 0.129 e. The highest BCUT2D eigenvalue weighted by atomic mass is 14.9. The third-order valence-electron chi connectivity index (χ3n) is 1.40. The lowest BCUT2D eigenvalue weighted by molar-refractivity contribution is 0.665. The van der Waals surface area contributed by atoms with E-state index in [0.717, 1.165) is 18.2 Å². The number of imidazole rings is 1. The zero-order chi connectivity index (χ0) is 10.1. The summed E-state index contributed by atoms with van der Waals surface area (Å²) in [5.41, 5.74) is 0. The van der Waals surface area contributed by atoms with E-state index in [1.54, 1.807) is 6.20 Å². The number of hydrogen-bond acceptors (Lipinski definition) is 1. The first-order valence-electron chi connectivity index (χ1n) is 4.95. The van der Waals surface area contributed by atoms with Crippen molar-refractivity contribution in [3.63, 3.8) is 0 Å². The Bertz CT molecular complexity index is 210. The molecule has 0 amide bonds. The largest absolute Gasteiger partial charge is 0.345 e. The monoisotopic (exact) mass is 180 g/mol. The lowest BCUT2D eigenvalue weighted by Crippen LogP contribution is -1.81. The maximum absolute atomic E-state index is 4.07. The van der Waals surface area contributed by atoms with Crippen LogP contribution in [-0.4, -0.2) is 9.97 Å². The second kappa shape index (κ2) is 7.59. The van der Waals surface area contributed by atoms with Crippen molar-refractivity contribution in [1.29, 1.82) is 0 Å². The number of rotatable bonds is 3. The summed E-state index contributed by atoms with van der Waals surface area (Å²) in [5, 5.41) is 0. The SMILES string of the molecule is CC.CC(C)C/C=C/c1ncc[nH]1. The van der Waals surface area contributed by atoms with Crippen molar-refractivity contribution >= 4 is 6.08 Å². The molecule has 0 bridgehead atoms. The van der Waals surface area contributed by atoms with E-state index >= 15 is 0 Å². The summed E-state index contributed by atoms with van der Waals surface area (Å²) in [6.07, 6.45) is 8.86. The van der Waals surface area contributed by atoms with Crippen LogP contribution >= 0.6 is 0 Å². The molecule has 13 heavy (non-hydrogen) atoms. The minimum Gasteiger partial charge on any atom is -0.345 e. The van der Waals surface area contributed by atoms with Gasteiger partial charge in [0.15, 0.2) is 0 Å². The Labute approximate surface area is 81.1 Å². The molecule has 0 radical (unpaired) electrons. The molecular formula is C11H20N2. The predicted octanol–water partition coefficient (Wildman–Crippen LogP) is 3.50. The normalized spacial score (nSPS) is 10.2. The van der Waals surface area contributed by atoms with E-state index in [-0.39, 0.29) is 0 Å². The second-order valence-electron chi connectivity index (χ2n) is 3.01. The van der Waals surface area contributed by atoms with E-state index in [0.29, 0.717) is 0 Å². The van der Waals surface area contributed by atoms with E-state index in [1.807, 2.05) is 26.1 Å². The minimum atomic E-state index is 0.723. The summed E-state index contributed by atoms with van der Waals surface area (Å²) < 4.78 is 0. The molecule has 1 aromatic rings. The maximum atomic E-state index is 4.07. The summed E-state index contributed by atoms with van der Waals surface area (Å²) in [7, 11) is 0. The van der Waals surface area contributed by atoms with Crippen LogP contribution in [-0.2, 0) is 0 Å². The van der Waals surface area contributed by atoms with Crippen molar-refractivity contribution in [2.75, 3.05) is 0 Å². The van der Waals surface area contributed by atoms with Gasteiger partial charge in [0.25, 0.3) is 0 Å². The molecule has 0 aliphatic heterocycles. The molecule has 0 saturated heterocycles. The van der Waals surface area contributed by atoms with Crippen LogP contribution < -0.4 is 0 Å². The number of hydrogen-bond donors (Lipinski definition) is 1. The fraction of sp³-hybridized carbons (Fsp3) is 0.545. The van der Waals surface area contributed by atoms with Gasteiger partial charge in [-0.15, -0.1) is 0 Å². The van der Waals surface area contributed by atoms with E-state index in [2.05, 4.69) is 29.9 Å². The molecule has 2 nitrogen and oxygen atoms in total. The molecule has 74 valence electrons. The van der Waals surface area contributed by atoms with Gasteiger partial charge < -0.3 is 4.98 Å². The van der Waals surface area contributed by atoms with Crippen LogP contribution in [0.3, 0.4) is 0 Å². The van der Waals surface area contributed by atoms with Gasteiger partial charge in [0.2, 0.25) is 0 Å². The van der Waals surface area contributed by atoms with Crippen LogP contribution in [0.2, 0.25) is 0 Å². The zero-order valence-electron chi connectivity index (χ0n) is 9.04. The Hall–Kier alpha value is -1.05. The number of aromatic amines is 1. The molecule has 0 aliphatic rings. The average molecular weight is 180 g/mol. The highest BCUT2D eigenvalue weighted by molar-refractivity contribution is 5.38. The van der Waals surface area contributed by atoms with Crippen molar-refractivity contribution in [3.8, 4) is 0 Å². The van der Waals surface area contributed by atoms with Gasteiger partial charge >= 0.3 is 0 Å². The highest BCUT2D eigenvalue weighted by Crippen LogP contribution is 2.02. The fourth-order valence-corrected chi connectivity index (χ4v) is 0.820. The summed E-state index contributed by atoms with van der Waals surface area (Å²) in [5.74, 6) is 1.66. The van der Waals surface area contributed by atoms with Gasteiger partial charge in [0.05, 0.1) is 0 Å². The Morgan fingerprint density at radius 1 is 1.46 bits per heavy atom. The predicted molar refractivity (Wildman–Crippen MR) is 58.4 cm³/mol. The number of allylic oxidation sites excluding steroid dienone is 1. The minimum absolute atomic E-state index is 0.723. The van der Waals surface area contributed by atoms with Crippen LogP contribution in [0.5, 0.6) is 0 Å². The molecule has 0 unspecified atom stereocenters. The first-order valence-corrected chi connectivity index (χ1v) is 4.95. The number of nitrogens with one attached hydrogen (secondary N) is 1. The Morgan fingerprint density at radius 3 is 2.62 bits per heavy atom. The first kappa shape index (κ1) is 11.9. The van der Waals surface area contributed by atoms with Gasteiger partial charge in [-0.05, 0) is 18.4 Å². The van der Waals surface area contributed by atoms with Gasteiger partial charge in [0.1, 0.15) is 5.82 Å². The molecule has 0 aliphatic carbocycles. The molecule has 0 fully saturated rings. The molecular weight excluding hydrogens is 160 g/mol. The van der Waals surface area contributed by atoms with Crippen LogP contribution in [0, 0.1) is 5.92 Å². The molecule has 1 rings (SSSR count). The molecule has 0 saturated carbocycles. The van der Waals surface area contributed by atoms with Crippen molar-refractivity contribution in [2.24, 2.45) is 5.92 Å². The Balaban J connectivity index is 0.000000671. The van der Waals surface area contributed by atoms with E-state index < -0.39 is 0 Å². The van der Waals surface area contributed by atoms with Crippen molar-refractivity contribution in [1.82, 2.24) is 9.97 Å². The quantitative estimate of drug-likeness (QED) is 0.757. The second-order valence-corrected chi connectivity index (χ2v) is 3.01. The molecule has 1 aromatic heterocycles. The van der Waals surface area contributed by atoms with Crippen molar-refractivity contribution in [3.05, 3.63) is 24.3 Å². The van der Waals surface area contributed by atoms with Crippen molar-refractivity contribution in [2.45, 2.75) is 34.1 Å². The third-order valence-corrected chi connectivity index (χ3v) is 1.40. The summed E-state index contributed by atoms with van der Waals surface area (Å²) in [4.78, 5) is 7.08. The van der Waals surface area contributed by atoms with Crippen LogP contribution in [0.4, 0.5) is 0 Å². The first-order chi connectivity index (χ1) is 6.29. The standard InChI is InChI=1S/C9H14N2.C2H6/c1-8(2)4-3-5-9-10-6-7-11-9;1-2/h3,5-8H,4H2,1-2H3,(H,10,11);1-2H3/b5-3+;. The van der Waals surface area contributed by atoms with Gasteiger partial charge in [-0.3, -0.25) is 0 Å². The topological polar surface area (TPSA) is 28.7 Å². The van der Waals surface area contributed by atoms with E-state index in [1.165, 1.54) is 0 Å². The molecule has 0 atom stereocenters. The number of aromatic nitrogens is 2. The Kier molecular flexibility index (Phi) is 6.98. The summed E-state index contributed by atoms with van der Waals surface area (Å²) >= 11 is 0. The van der Waals surface area contributed by atoms with Gasteiger partial charge in [-0.2, -0.15) is 0 Å². The third kappa shape index (κ3) is 6.14.